The van der Waals surface area contributed by atoms with Crippen LogP contribution in [0.3, 0.4) is 0 Å². The van der Waals surface area contributed by atoms with Crippen LogP contribution in [0.15, 0.2) is 18.3 Å². The number of carbonyl (C=O) groups excluding carboxylic acids is 1. The Balaban J connectivity index is 2.58. The van der Waals surface area contributed by atoms with Gasteiger partial charge in [-0.3, -0.25) is 9.78 Å². The smallest absolute Gasteiger partial charge is 0.253 e. The van der Waals surface area contributed by atoms with E-state index >= 15 is 0 Å². The first kappa shape index (κ1) is 11.7. The van der Waals surface area contributed by atoms with Crippen molar-refractivity contribution >= 4 is 5.91 Å². The van der Waals surface area contributed by atoms with Crippen LogP contribution in [0.4, 0.5) is 0 Å². The van der Waals surface area contributed by atoms with Crippen molar-refractivity contribution in [2.75, 3.05) is 6.54 Å². The third-order valence-electron chi connectivity index (χ3n) is 2.22. The highest BCUT2D eigenvalue weighted by atomic mass is 16.3. The first-order valence-corrected chi connectivity index (χ1v) is 5.03. The number of aromatic nitrogens is 1. The van der Waals surface area contributed by atoms with Crippen molar-refractivity contribution in [1.29, 1.82) is 0 Å². The van der Waals surface area contributed by atoms with Gasteiger partial charge >= 0.3 is 0 Å². The highest BCUT2D eigenvalue weighted by molar-refractivity contribution is 5.95. The molecule has 1 aromatic rings. The number of aliphatic hydroxyl groups is 1. The fraction of sp³-hybridized carbons (Fsp3) is 0.455. The van der Waals surface area contributed by atoms with Gasteiger partial charge in [-0.1, -0.05) is 6.92 Å². The van der Waals surface area contributed by atoms with Crippen LogP contribution in [0.2, 0.25) is 0 Å². The van der Waals surface area contributed by atoms with Crippen molar-refractivity contribution in [3.05, 3.63) is 29.6 Å². The summed E-state index contributed by atoms with van der Waals surface area (Å²) in [6.07, 6.45) is 1.80. The number of hydrogen-bond donors (Lipinski definition) is 2. The zero-order valence-corrected chi connectivity index (χ0v) is 9.03. The van der Waals surface area contributed by atoms with Crippen LogP contribution in [0.5, 0.6) is 0 Å². The number of hydrogen-bond acceptors (Lipinski definition) is 3. The Morgan fingerprint density at radius 3 is 3.00 bits per heavy atom. The topological polar surface area (TPSA) is 62.2 Å². The van der Waals surface area contributed by atoms with E-state index in [1.165, 1.54) is 0 Å². The third-order valence-corrected chi connectivity index (χ3v) is 2.22. The molecule has 82 valence electrons. The van der Waals surface area contributed by atoms with Crippen LogP contribution >= 0.6 is 0 Å². The number of aryl methyl sites for hydroxylation is 1. The molecule has 4 heteroatoms. The zero-order valence-electron chi connectivity index (χ0n) is 9.03. The SMILES string of the molecule is CCC(O)CNC(=O)c1cccnc1C. The summed E-state index contributed by atoms with van der Waals surface area (Å²) >= 11 is 0. The van der Waals surface area contributed by atoms with Gasteiger partial charge < -0.3 is 10.4 Å². The van der Waals surface area contributed by atoms with Crippen LogP contribution in [-0.4, -0.2) is 28.6 Å². The Bertz CT molecular complexity index is 339. The van der Waals surface area contributed by atoms with Crippen molar-refractivity contribution in [3.8, 4) is 0 Å². The first-order valence-electron chi connectivity index (χ1n) is 5.03. The fourth-order valence-electron chi connectivity index (χ4n) is 1.17. The van der Waals surface area contributed by atoms with Crippen LogP contribution < -0.4 is 5.32 Å². The average molecular weight is 208 g/mol. The Hall–Kier alpha value is -1.42. The first-order chi connectivity index (χ1) is 7.15. The quantitative estimate of drug-likeness (QED) is 0.772. The lowest BCUT2D eigenvalue weighted by Gasteiger charge is -2.10. The molecule has 0 aromatic carbocycles. The Kier molecular flexibility index (Phi) is 4.24. The number of pyridine rings is 1. The van der Waals surface area contributed by atoms with Crippen molar-refractivity contribution in [3.63, 3.8) is 0 Å². The summed E-state index contributed by atoms with van der Waals surface area (Å²) in [4.78, 5) is 15.6. The molecule has 0 aliphatic carbocycles. The maximum atomic E-state index is 11.6. The Morgan fingerprint density at radius 2 is 2.40 bits per heavy atom. The van der Waals surface area contributed by atoms with E-state index in [0.29, 0.717) is 17.7 Å². The van der Waals surface area contributed by atoms with Gasteiger partial charge in [-0.2, -0.15) is 0 Å². The minimum absolute atomic E-state index is 0.187. The van der Waals surface area contributed by atoms with Crippen LogP contribution in [0.1, 0.15) is 29.4 Å². The van der Waals surface area contributed by atoms with Gasteiger partial charge in [0.25, 0.3) is 5.91 Å². The third kappa shape index (κ3) is 3.32. The standard InChI is InChI=1S/C11H16N2O2/c1-3-9(14)7-13-11(15)10-5-4-6-12-8(10)2/h4-6,9,14H,3,7H2,1-2H3,(H,13,15). The molecular weight excluding hydrogens is 192 g/mol. The Morgan fingerprint density at radius 1 is 1.67 bits per heavy atom. The molecule has 0 fully saturated rings. The van der Waals surface area contributed by atoms with Crippen LogP contribution in [0, 0.1) is 6.92 Å². The molecule has 0 spiro atoms. The van der Waals surface area contributed by atoms with E-state index in [0.717, 1.165) is 0 Å². The predicted molar refractivity (Wildman–Crippen MR) is 57.6 cm³/mol. The molecule has 0 aliphatic heterocycles. The lowest BCUT2D eigenvalue weighted by atomic mass is 10.2. The molecule has 1 heterocycles. The van der Waals surface area contributed by atoms with E-state index in [1.54, 1.807) is 25.3 Å². The number of nitrogens with zero attached hydrogens (tertiary/aromatic N) is 1. The predicted octanol–water partition coefficient (Wildman–Crippen LogP) is 0.891. The molecule has 0 radical (unpaired) electrons. The molecule has 2 N–H and O–H groups in total. The molecule has 0 aliphatic rings. The van der Waals surface area contributed by atoms with Crippen molar-refractivity contribution in [2.45, 2.75) is 26.4 Å². The van der Waals surface area contributed by atoms with Gasteiger partial charge in [0.05, 0.1) is 11.7 Å². The lowest BCUT2D eigenvalue weighted by molar-refractivity contribution is 0.0913. The summed E-state index contributed by atoms with van der Waals surface area (Å²) in [5.74, 6) is -0.187. The summed E-state index contributed by atoms with van der Waals surface area (Å²) < 4.78 is 0. The largest absolute Gasteiger partial charge is 0.391 e. The van der Waals surface area contributed by atoms with E-state index in [9.17, 15) is 9.90 Å². The molecule has 15 heavy (non-hydrogen) atoms. The van der Waals surface area contributed by atoms with Gasteiger partial charge in [-0.15, -0.1) is 0 Å². The van der Waals surface area contributed by atoms with Gasteiger partial charge in [0.2, 0.25) is 0 Å². The molecule has 0 saturated heterocycles. The van der Waals surface area contributed by atoms with Crippen molar-refractivity contribution in [1.82, 2.24) is 10.3 Å². The number of aliphatic hydroxyl groups excluding tert-OH is 1. The second-order valence-corrected chi connectivity index (χ2v) is 3.41. The van der Waals surface area contributed by atoms with Crippen LogP contribution in [0.25, 0.3) is 0 Å². The minimum Gasteiger partial charge on any atom is -0.391 e. The van der Waals surface area contributed by atoms with E-state index < -0.39 is 6.10 Å². The van der Waals surface area contributed by atoms with E-state index in [1.807, 2.05) is 6.92 Å². The van der Waals surface area contributed by atoms with Gasteiger partial charge in [-0.25, -0.2) is 0 Å². The zero-order chi connectivity index (χ0) is 11.3. The molecule has 0 bridgehead atoms. The monoisotopic (exact) mass is 208 g/mol. The highest BCUT2D eigenvalue weighted by Crippen LogP contribution is 2.03. The number of carbonyl (C=O) groups is 1. The lowest BCUT2D eigenvalue weighted by Crippen LogP contribution is -2.32. The molecular formula is C11H16N2O2. The fourth-order valence-corrected chi connectivity index (χ4v) is 1.17. The van der Waals surface area contributed by atoms with Gasteiger partial charge in [-0.05, 0) is 25.5 Å². The number of nitrogens with one attached hydrogen (secondary N) is 1. The highest BCUT2D eigenvalue weighted by Gasteiger charge is 2.09. The summed E-state index contributed by atoms with van der Waals surface area (Å²) in [5, 5.41) is 12.0. The molecule has 4 nitrogen and oxygen atoms in total. The molecule has 1 amide bonds. The number of amides is 1. The van der Waals surface area contributed by atoms with Crippen molar-refractivity contribution < 1.29 is 9.90 Å². The second kappa shape index (κ2) is 5.46. The van der Waals surface area contributed by atoms with Gasteiger partial charge in [0.1, 0.15) is 0 Å². The maximum Gasteiger partial charge on any atom is 0.253 e. The molecule has 1 unspecified atom stereocenters. The van der Waals surface area contributed by atoms with E-state index in [-0.39, 0.29) is 12.5 Å². The summed E-state index contributed by atoms with van der Waals surface area (Å²) in [6.45, 7) is 3.93. The Labute approximate surface area is 89.3 Å². The van der Waals surface area contributed by atoms with Crippen LogP contribution in [-0.2, 0) is 0 Å². The van der Waals surface area contributed by atoms with Crippen molar-refractivity contribution in [2.24, 2.45) is 0 Å². The number of rotatable bonds is 4. The van der Waals surface area contributed by atoms with E-state index in [2.05, 4.69) is 10.3 Å². The summed E-state index contributed by atoms with van der Waals surface area (Å²) in [7, 11) is 0. The second-order valence-electron chi connectivity index (χ2n) is 3.41. The average Bonchev–Trinajstić information content (AvgIpc) is 2.26. The normalized spacial score (nSPS) is 12.2. The van der Waals surface area contributed by atoms with Gasteiger partial charge in [0.15, 0.2) is 0 Å². The maximum absolute atomic E-state index is 11.6. The summed E-state index contributed by atoms with van der Waals surface area (Å²) in [6, 6.07) is 3.44. The van der Waals surface area contributed by atoms with E-state index in [4.69, 9.17) is 0 Å². The molecule has 1 atom stereocenters. The molecule has 0 saturated carbocycles. The van der Waals surface area contributed by atoms with Gasteiger partial charge in [0, 0.05) is 18.4 Å². The molecule has 1 aromatic heterocycles. The minimum atomic E-state index is -0.481. The summed E-state index contributed by atoms with van der Waals surface area (Å²) in [5.41, 5.74) is 1.25. The molecule has 1 rings (SSSR count).